The van der Waals surface area contributed by atoms with Gasteiger partial charge in [-0.3, -0.25) is 9.30 Å². The molecule has 2 N–H and O–H groups in total. The summed E-state index contributed by atoms with van der Waals surface area (Å²) in [6.07, 6.45) is 3.87. The third-order valence-electron chi connectivity index (χ3n) is 5.61. The molecule has 3 aromatic rings. The molecule has 2 aromatic heterocycles. The zero-order valence-electron chi connectivity index (χ0n) is 17.0. The van der Waals surface area contributed by atoms with Gasteiger partial charge >= 0.3 is 0 Å². The van der Waals surface area contributed by atoms with E-state index in [0.29, 0.717) is 5.92 Å². The molecule has 148 valence electrons. The minimum Gasteiger partial charge on any atom is -0.484 e. The lowest BCUT2D eigenvalue weighted by Crippen LogP contribution is -2.26. The lowest BCUT2D eigenvalue weighted by molar-refractivity contribution is 0.176. The van der Waals surface area contributed by atoms with Crippen LogP contribution in [0.2, 0.25) is 0 Å². The average molecular weight is 380 g/mol. The smallest absolute Gasteiger partial charge is 0.161 e. The Morgan fingerprint density at radius 3 is 2.54 bits per heavy atom. The highest BCUT2D eigenvalue weighted by molar-refractivity contribution is 5.42. The number of fused-ring (bicyclic) bond motifs is 2. The zero-order chi connectivity index (χ0) is 19.8. The molecule has 0 saturated heterocycles. The molecule has 0 bridgehead atoms. The first-order valence-electron chi connectivity index (χ1n) is 9.98. The fraction of sp³-hybridized carbons (Fsp3) is 0.455. The third-order valence-corrected chi connectivity index (χ3v) is 5.61. The van der Waals surface area contributed by atoms with Crippen molar-refractivity contribution >= 4 is 5.65 Å². The van der Waals surface area contributed by atoms with E-state index >= 15 is 0 Å². The van der Waals surface area contributed by atoms with Crippen molar-refractivity contribution in [1.29, 1.82) is 0 Å². The number of nitrogens with two attached hydrogens (primary N) is 1. The standard InChI is InChI=1S/C22H29N5O/c1-14(2)21(26(3)4)22-25-24-20-12-9-15(13-27(20)22)28-19-11-10-18(23)16-7-5-6-8-17(16)19/h5-9,12-14,18-19,21H,10-11,23H2,1-4H3/t18-,19+,21-/m0/s1. The van der Waals surface area contributed by atoms with E-state index in [9.17, 15) is 0 Å². The number of benzene rings is 1. The predicted molar refractivity (Wildman–Crippen MR) is 110 cm³/mol. The number of rotatable bonds is 5. The first-order chi connectivity index (χ1) is 13.5. The maximum atomic E-state index is 6.42. The van der Waals surface area contributed by atoms with Crippen LogP contribution in [0.4, 0.5) is 0 Å². The Kier molecular flexibility index (Phi) is 5.08. The molecule has 0 saturated carbocycles. The highest BCUT2D eigenvalue weighted by Gasteiger charge is 2.27. The lowest BCUT2D eigenvalue weighted by Gasteiger charge is -2.30. The van der Waals surface area contributed by atoms with Crippen molar-refractivity contribution < 1.29 is 4.74 Å². The maximum Gasteiger partial charge on any atom is 0.161 e. The molecule has 1 aromatic carbocycles. The SMILES string of the molecule is CC(C)[C@@H](c1nnc2ccc(O[C@@H]3CC[C@H](N)c4ccccc43)cn12)N(C)C. The molecule has 3 atom stereocenters. The van der Waals surface area contributed by atoms with Crippen LogP contribution in [0.15, 0.2) is 42.6 Å². The summed E-state index contributed by atoms with van der Waals surface area (Å²) in [5.41, 5.74) is 9.51. The van der Waals surface area contributed by atoms with Gasteiger partial charge in [-0.05, 0) is 56.1 Å². The number of pyridine rings is 1. The minimum absolute atomic E-state index is 0.0168. The van der Waals surface area contributed by atoms with E-state index in [2.05, 4.69) is 65.6 Å². The lowest BCUT2D eigenvalue weighted by atomic mass is 9.86. The zero-order valence-corrected chi connectivity index (χ0v) is 17.0. The van der Waals surface area contributed by atoms with Crippen molar-refractivity contribution in [2.24, 2.45) is 11.7 Å². The molecule has 0 radical (unpaired) electrons. The van der Waals surface area contributed by atoms with Crippen molar-refractivity contribution in [2.45, 2.75) is 44.9 Å². The summed E-state index contributed by atoms with van der Waals surface area (Å²) in [4.78, 5) is 2.19. The van der Waals surface area contributed by atoms with Gasteiger partial charge in [-0.25, -0.2) is 0 Å². The van der Waals surface area contributed by atoms with E-state index in [1.165, 1.54) is 11.1 Å². The van der Waals surface area contributed by atoms with Gasteiger partial charge in [-0.1, -0.05) is 38.1 Å². The van der Waals surface area contributed by atoms with Gasteiger partial charge in [-0.15, -0.1) is 10.2 Å². The normalized spacial score (nSPS) is 20.5. The van der Waals surface area contributed by atoms with Crippen molar-refractivity contribution in [3.63, 3.8) is 0 Å². The Morgan fingerprint density at radius 2 is 1.82 bits per heavy atom. The summed E-state index contributed by atoms with van der Waals surface area (Å²) >= 11 is 0. The molecule has 0 spiro atoms. The fourth-order valence-corrected chi connectivity index (χ4v) is 4.36. The Bertz CT molecular complexity index is 956. The van der Waals surface area contributed by atoms with Gasteiger partial charge < -0.3 is 10.5 Å². The molecule has 0 aliphatic heterocycles. The quantitative estimate of drug-likeness (QED) is 0.728. The number of aromatic nitrogens is 3. The molecule has 4 rings (SSSR count). The van der Waals surface area contributed by atoms with Gasteiger partial charge in [0.2, 0.25) is 0 Å². The summed E-state index contributed by atoms with van der Waals surface area (Å²) in [5, 5.41) is 8.82. The largest absolute Gasteiger partial charge is 0.484 e. The molecule has 6 heteroatoms. The summed E-state index contributed by atoms with van der Waals surface area (Å²) in [6.45, 7) is 4.41. The van der Waals surface area contributed by atoms with E-state index in [1.54, 1.807) is 0 Å². The molecule has 0 fully saturated rings. The van der Waals surface area contributed by atoms with E-state index in [4.69, 9.17) is 10.5 Å². The molecular formula is C22H29N5O. The average Bonchev–Trinajstić information content (AvgIpc) is 3.07. The molecule has 0 amide bonds. The highest BCUT2D eigenvalue weighted by atomic mass is 16.5. The fourth-order valence-electron chi connectivity index (χ4n) is 4.36. The van der Waals surface area contributed by atoms with Gasteiger partial charge in [0.05, 0.1) is 12.2 Å². The summed E-state index contributed by atoms with van der Waals surface area (Å²) in [6, 6.07) is 12.6. The number of ether oxygens (including phenoxy) is 1. The maximum absolute atomic E-state index is 6.42. The second-order valence-corrected chi connectivity index (χ2v) is 8.22. The minimum atomic E-state index is 0.0168. The Labute approximate surface area is 166 Å². The first-order valence-corrected chi connectivity index (χ1v) is 9.98. The van der Waals surface area contributed by atoms with Crippen LogP contribution < -0.4 is 10.5 Å². The van der Waals surface area contributed by atoms with Crippen LogP contribution in [0.3, 0.4) is 0 Å². The molecule has 0 unspecified atom stereocenters. The van der Waals surface area contributed by atoms with Crippen molar-refractivity contribution in [2.75, 3.05) is 14.1 Å². The van der Waals surface area contributed by atoms with Gasteiger partial charge in [0, 0.05) is 6.04 Å². The number of hydrogen-bond acceptors (Lipinski definition) is 5. The van der Waals surface area contributed by atoms with E-state index < -0.39 is 0 Å². The van der Waals surface area contributed by atoms with Crippen LogP contribution in [-0.4, -0.2) is 33.6 Å². The highest BCUT2D eigenvalue weighted by Crippen LogP contribution is 2.37. The van der Waals surface area contributed by atoms with Crippen LogP contribution in [0, 0.1) is 5.92 Å². The van der Waals surface area contributed by atoms with Crippen LogP contribution >= 0.6 is 0 Å². The monoisotopic (exact) mass is 379 g/mol. The van der Waals surface area contributed by atoms with Crippen LogP contribution in [0.25, 0.3) is 5.65 Å². The Morgan fingerprint density at radius 1 is 1.07 bits per heavy atom. The molecule has 1 aliphatic rings. The van der Waals surface area contributed by atoms with Gasteiger partial charge in [-0.2, -0.15) is 0 Å². The number of hydrogen-bond donors (Lipinski definition) is 1. The first kappa shape index (κ1) is 18.9. The molecule has 1 aliphatic carbocycles. The van der Waals surface area contributed by atoms with Gasteiger partial charge in [0.15, 0.2) is 11.5 Å². The second kappa shape index (κ2) is 7.53. The van der Waals surface area contributed by atoms with Crippen LogP contribution in [0.1, 0.15) is 61.8 Å². The van der Waals surface area contributed by atoms with E-state index in [1.807, 2.05) is 24.4 Å². The van der Waals surface area contributed by atoms with E-state index in [0.717, 1.165) is 30.1 Å². The number of nitrogens with zero attached hydrogens (tertiary/aromatic N) is 4. The summed E-state index contributed by atoms with van der Waals surface area (Å²) in [5.74, 6) is 2.18. The van der Waals surface area contributed by atoms with Crippen molar-refractivity contribution in [1.82, 2.24) is 19.5 Å². The Balaban J connectivity index is 1.68. The molecular weight excluding hydrogens is 350 g/mol. The molecule has 28 heavy (non-hydrogen) atoms. The van der Waals surface area contributed by atoms with E-state index in [-0.39, 0.29) is 18.2 Å². The second-order valence-electron chi connectivity index (χ2n) is 8.22. The van der Waals surface area contributed by atoms with Crippen molar-refractivity contribution in [3.8, 4) is 5.75 Å². The molecule has 2 heterocycles. The predicted octanol–water partition coefficient (Wildman–Crippen LogP) is 3.90. The van der Waals surface area contributed by atoms with Crippen molar-refractivity contribution in [3.05, 3.63) is 59.5 Å². The van der Waals surface area contributed by atoms with Crippen LogP contribution in [0.5, 0.6) is 5.75 Å². The topological polar surface area (TPSA) is 68.7 Å². The molecule has 6 nitrogen and oxygen atoms in total. The third kappa shape index (κ3) is 3.38. The summed E-state index contributed by atoms with van der Waals surface area (Å²) < 4.78 is 8.47. The van der Waals surface area contributed by atoms with Gasteiger partial charge in [0.25, 0.3) is 0 Å². The van der Waals surface area contributed by atoms with Gasteiger partial charge in [0.1, 0.15) is 11.9 Å². The summed E-state index contributed by atoms with van der Waals surface area (Å²) in [7, 11) is 4.16. The van der Waals surface area contributed by atoms with Crippen LogP contribution in [-0.2, 0) is 0 Å². The Hall–Kier alpha value is -2.44.